The predicted molar refractivity (Wildman–Crippen MR) is 113 cm³/mol. The Morgan fingerprint density at radius 2 is 2.06 bits per heavy atom. The molecule has 8 nitrogen and oxygen atoms in total. The maximum absolute atomic E-state index is 14.6. The molecule has 1 amide bonds. The first-order chi connectivity index (χ1) is 15.3. The Bertz CT molecular complexity index is 1130. The van der Waals surface area contributed by atoms with Gasteiger partial charge in [0, 0.05) is 43.8 Å². The van der Waals surface area contributed by atoms with E-state index in [1.165, 1.54) is 35.9 Å². The second-order valence-corrected chi connectivity index (χ2v) is 8.94. The number of thiazole rings is 1. The molecule has 32 heavy (non-hydrogen) atoms. The van der Waals surface area contributed by atoms with Gasteiger partial charge < -0.3 is 20.0 Å². The van der Waals surface area contributed by atoms with Crippen molar-refractivity contribution in [3.63, 3.8) is 0 Å². The summed E-state index contributed by atoms with van der Waals surface area (Å²) in [4.78, 5) is 19.0. The number of piperidine rings is 1. The fourth-order valence-corrected chi connectivity index (χ4v) is 4.91. The molecule has 2 atom stereocenters. The van der Waals surface area contributed by atoms with Gasteiger partial charge in [-0.25, -0.2) is 13.8 Å². The smallest absolute Gasteiger partial charge is 0.257 e. The van der Waals surface area contributed by atoms with E-state index in [2.05, 4.69) is 10.3 Å². The Morgan fingerprint density at radius 3 is 2.81 bits per heavy atom. The quantitative estimate of drug-likeness (QED) is 0.473. The van der Waals surface area contributed by atoms with Crippen molar-refractivity contribution in [2.24, 2.45) is 0 Å². The predicted octanol–water partition coefficient (Wildman–Crippen LogP) is 3.11. The molecule has 2 aliphatic rings. The average molecular weight is 462 g/mol. The maximum Gasteiger partial charge on any atom is 0.257 e. The Balaban J connectivity index is 1.30. The molecule has 11 heteroatoms. The molecule has 0 unspecified atom stereocenters. The van der Waals surface area contributed by atoms with Crippen LogP contribution in [0.4, 0.5) is 13.9 Å². The number of hydrogen-bond acceptors (Lipinski definition) is 7. The molecule has 2 aliphatic heterocycles. The zero-order chi connectivity index (χ0) is 22.5. The summed E-state index contributed by atoms with van der Waals surface area (Å²) in [5.74, 6) is -3.09. The molecule has 0 bridgehead atoms. The van der Waals surface area contributed by atoms with Gasteiger partial charge in [0.25, 0.3) is 5.92 Å². The van der Waals surface area contributed by atoms with Crippen LogP contribution in [0.5, 0.6) is 11.5 Å². The summed E-state index contributed by atoms with van der Waals surface area (Å²) in [5.41, 5.74) is 1.06. The molecule has 3 aromatic rings. The van der Waals surface area contributed by atoms with Gasteiger partial charge in [-0.15, -0.1) is 0 Å². The third kappa shape index (κ3) is 3.82. The van der Waals surface area contributed by atoms with Crippen LogP contribution in [-0.4, -0.2) is 47.6 Å². The summed E-state index contributed by atoms with van der Waals surface area (Å²) in [5, 5.41) is 14.5. The molecular formula is C21H20F2N4O4S. The highest BCUT2D eigenvalue weighted by molar-refractivity contribution is 7.22. The van der Waals surface area contributed by atoms with E-state index in [1.807, 2.05) is 6.07 Å². The number of carbonyl (C=O) groups excluding carboxylic acids is 1. The van der Waals surface area contributed by atoms with Gasteiger partial charge in [-0.3, -0.25) is 9.69 Å². The van der Waals surface area contributed by atoms with Crippen LogP contribution in [0.3, 0.4) is 0 Å². The number of carbonyl (C=O) groups is 1. The molecule has 4 heterocycles. The molecule has 0 spiro atoms. The molecule has 168 valence electrons. The second-order valence-electron chi connectivity index (χ2n) is 7.91. The molecule has 2 aromatic heterocycles. The Morgan fingerprint density at radius 1 is 1.34 bits per heavy atom. The van der Waals surface area contributed by atoms with E-state index in [0.717, 1.165) is 4.70 Å². The number of pyridine rings is 1. The number of hydrogen-bond donors (Lipinski definition) is 1. The average Bonchev–Trinajstić information content (AvgIpc) is 3.37. The number of benzene rings is 1. The van der Waals surface area contributed by atoms with Gasteiger partial charge in [0.1, 0.15) is 0 Å². The highest BCUT2D eigenvalue weighted by atomic mass is 32.1. The van der Waals surface area contributed by atoms with Gasteiger partial charge >= 0.3 is 0 Å². The maximum atomic E-state index is 14.6. The number of ether oxygens (including phenoxy) is 2. The first-order valence-corrected chi connectivity index (χ1v) is 10.9. The number of rotatable bonds is 4. The van der Waals surface area contributed by atoms with E-state index < -0.39 is 17.9 Å². The van der Waals surface area contributed by atoms with Gasteiger partial charge in [0.15, 0.2) is 29.0 Å². The highest BCUT2D eigenvalue weighted by Gasteiger charge is 2.46. The molecular weight excluding hydrogens is 442 g/mol. The van der Waals surface area contributed by atoms with Crippen molar-refractivity contribution < 1.29 is 27.8 Å². The van der Waals surface area contributed by atoms with Crippen molar-refractivity contribution >= 4 is 32.6 Å². The Labute approximate surface area is 186 Å². The van der Waals surface area contributed by atoms with Crippen LogP contribution >= 0.6 is 11.3 Å². The first kappa shape index (κ1) is 20.8. The number of anilines is 1. The fraction of sp³-hybridized carbons (Fsp3) is 0.381. The minimum Gasteiger partial charge on any atom is -0.619 e. The lowest BCUT2D eigenvalue weighted by Crippen LogP contribution is -2.52. The SMILES string of the molecule is C[C@@H](C(=O)Nc1nc2cc3c(cc2s1)OCO3)N1CCC(F)(F)[C@@H](c2cc[n+]([O-])cc2)C1. The summed E-state index contributed by atoms with van der Waals surface area (Å²) in [6.07, 6.45) is 2.05. The van der Waals surface area contributed by atoms with Gasteiger partial charge in [-0.2, -0.15) is 4.73 Å². The standard InChI is InChI=1S/C21H20F2N4O4S/c1-12(26-7-4-21(22,23)14(10-26)13-2-5-27(29)6-3-13)19(28)25-20-24-15-8-16-17(31-11-30-16)9-18(15)32-20/h2-3,5-6,8-9,12,14H,4,7,10-11H2,1H3,(H,24,25,28)/t12-,14+/m0/s1. The first-order valence-electron chi connectivity index (χ1n) is 10.1. The minimum absolute atomic E-state index is 0.00565. The van der Waals surface area contributed by atoms with E-state index in [1.54, 1.807) is 17.9 Å². The third-order valence-electron chi connectivity index (χ3n) is 5.93. The number of nitrogens with one attached hydrogen (secondary N) is 1. The van der Waals surface area contributed by atoms with Crippen molar-refractivity contribution in [1.82, 2.24) is 9.88 Å². The van der Waals surface area contributed by atoms with Crippen molar-refractivity contribution in [3.05, 3.63) is 47.4 Å². The molecule has 1 aromatic carbocycles. The van der Waals surface area contributed by atoms with Crippen LogP contribution in [0.2, 0.25) is 0 Å². The summed E-state index contributed by atoms with van der Waals surface area (Å²) in [6.45, 7) is 1.96. The fourth-order valence-electron chi connectivity index (χ4n) is 4.03. The highest BCUT2D eigenvalue weighted by Crippen LogP contribution is 2.41. The third-order valence-corrected chi connectivity index (χ3v) is 6.86. The van der Waals surface area contributed by atoms with Crippen LogP contribution < -0.4 is 19.5 Å². The number of likely N-dealkylation sites (tertiary alicyclic amines) is 1. The number of alkyl halides is 2. The van der Waals surface area contributed by atoms with Crippen molar-refractivity contribution in [2.45, 2.75) is 31.2 Å². The van der Waals surface area contributed by atoms with Crippen LogP contribution in [0.15, 0.2) is 36.7 Å². The monoisotopic (exact) mass is 462 g/mol. The minimum atomic E-state index is -2.92. The lowest BCUT2D eigenvalue weighted by atomic mass is 9.87. The summed E-state index contributed by atoms with van der Waals surface area (Å²) in [6, 6.07) is 5.76. The summed E-state index contributed by atoms with van der Waals surface area (Å²) >= 11 is 1.31. The van der Waals surface area contributed by atoms with Crippen LogP contribution in [0.25, 0.3) is 10.2 Å². The zero-order valence-corrected chi connectivity index (χ0v) is 17.9. The van der Waals surface area contributed by atoms with E-state index in [0.29, 0.717) is 32.4 Å². The number of amides is 1. The number of nitrogens with zero attached hydrogens (tertiary/aromatic N) is 3. The normalized spacial score (nSPS) is 20.9. The lowest BCUT2D eigenvalue weighted by Gasteiger charge is -2.40. The number of halogens is 2. The van der Waals surface area contributed by atoms with Crippen molar-refractivity contribution in [2.75, 3.05) is 25.2 Å². The Hall–Kier alpha value is -3.05. The largest absolute Gasteiger partial charge is 0.619 e. The molecule has 0 saturated carbocycles. The Kier molecular flexibility index (Phi) is 5.09. The van der Waals surface area contributed by atoms with Crippen molar-refractivity contribution in [3.8, 4) is 11.5 Å². The molecule has 1 fully saturated rings. The summed E-state index contributed by atoms with van der Waals surface area (Å²) < 4.78 is 41.4. The van der Waals surface area contributed by atoms with Crippen molar-refractivity contribution in [1.29, 1.82) is 0 Å². The number of aromatic nitrogens is 2. The zero-order valence-electron chi connectivity index (χ0n) is 17.1. The van der Waals surface area contributed by atoms with Gasteiger partial charge in [0.05, 0.1) is 22.2 Å². The van der Waals surface area contributed by atoms with Gasteiger partial charge in [-0.05, 0) is 12.5 Å². The van der Waals surface area contributed by atoms with E-state index in [-0.39, 0.29) is 32.2 Å². The van der Waals surface area contributed by atoms with Gasteiger partial charge in [0.2, 0.25) is 12.7 Å². The van der Waals surface area contributed by atoms with Crippen LogP contribution in [0, 0.1) is 5.21 Å². The molecule has 0 aliphatic carbocycles. The molecule has 5 rings (SSSR count). The van der Waals surface area contributed by atoms with E-state index in [9.17, 15) is 18.8 Å². The van der Waals surface area contributed by atoms with E-state index in [4.69, 9.17) is 9.47 Å². The van der Waals surface area contributed by atoms with Gasteiger partial charge in [-0.1, -0.05) is 11.3 Å². The topological polar surface area (TPSA) is 90.6 Å². The second kappa shape index (κ2) is 7.82. The van der Waals surface area contributed by atoms with Crippen LogP contribution in [-0.2, 0) is 4.79 Å². The summed E-state index contributed by atoms with van der Waals surface area (Å²) in [7, 11) is 0. The lowest BCUT2D eigenvalue weighted by molar-refractivity contribution is -0.605. The molecule has 0 radical (unpaired) electrons. The molecule has 1 N–H and O–H groups in total. The molecule has 1 saturated heterocycles. The van der Waals surface area contributed by atoms with Crippen LogP contribution in [0.1, 0.15) is 24.8 Å². The van der Waals surface area contributed by atoms with E-state index >= 15 is 0 Å². The number of fused-ring (bicyclic) bond motifs is 2.